The lowest BCUT2D eigenvalue weighted by Crippen LogP contribution is -2.54. The summed E-state index contributed by atoms with van der Waals surface area (Å²) < 4.78 is 0. The van der Waals surface area contributed by atoms with Crippen LogP contribution in [0.25, 0.3) is 0 Å². The van der Waals surface area contributed by atoms with E-state index in [1.54, 1.807) is 4.90 Å². The molecule has 0 aliphatic carbocycles. The van der Waals surface area contributed by atoms with Gasteiger partial charge in [0.05, 0.1) is 13.1 Å². The monoisotopic (exact) mass is 228 g/mol. The van der Waals surface area contributed by atoms with Gasteiger partial charge in [-0.2, -0.15) is 0 Å². The molecule has 5 N–H and O–H groups in total. The number of nitrogens with two attached hydrogens (primary N) is 2. The lowest BCUT2D eigenvalue weighted by atomic mass is 9.93. The van der Waals surface area contributed by atoms with E-state index in [-0.39, 0.29) is 19.1 Å². The molecule has 16 heavy (non-hydrogen) atoms. The van der Waals surface area contributed by atoms with Crippen LogP contribution in [-0.2, 0) is 9.59 Å². The minimum Gasteiger partial charge on any atom is -0.369 e. The Labute approximate surface area is 95.3 Å². The van der Waals surface area contributed by atoms with Gasteiger partial charge >= 0.3 is 0 Å². The first-order valence-corrected chi connectivity index (χ1v) is 5.52. The van der Waals surface area contributed by atoms with Crippen molar-refractivity contribution in [3.8, 4) is 0 Å². The van der Waals surface area contributed by atoms with Crippen molar-refractivity contribution in [2.45, 2.75) is 19.4 Å². The van der Waals surface area contributed by atoms with Crippen LogP contribution in [0.5, 0.6) is 0 Å². The molecule has 0 spiro atoms. The third-order valence-electron chi connectivity index (χ3n) is 2.97. The topological polar surface area (TPSA) is 101 Å². The lowest BCUT2D eigenvalue weighted by Gasteiger charge is -2.37. The molecule has 0 aromatic rings. The maximum Gasteiger partial charge on any atom is 0.231 e. The van der Waals surface area contributed by atoms with Crippen LogP contribution in [0.4, 0.5) is 0 Å². The van der Waals surface area contributed by atoms with E-state index in [1.807, 2.05) is 0 Å². The molecule has 1 fully saturated rings. The molecule has 1 aliphatic heterocycles. The second kappa shape index (κ2) is 5.81. The highest BCUT2D eigenvalue weighted by Crippen LogP contribution is 2.17. The van der Waals surface area contributed by atoms with Crippen LogP contribution in [0, 0.1) is 5.92 Å². The quantitative estimate of drug-likeness (QED) is 0.519. The minimum absolute atomic E-state index is 0.0830. The Kier molecular flexibility index (Phi) is 4.70. The van der Waals surface area contributed by atoms with Gasteiger partial charge in [0, 0.05) is 12.6 Å². The summed E-state index contributed by atoms with van der Waals surface area (Å²) in [6, 6.07) is 0.147. The molecule has 1 rings (SSSR count). The highest BCUT2D eigenvalue weighted by atomic mass is 16.2. The van der Waals surface area contributed by atoms with Gasteiger partial charge in [-0.3, -0.25) is 14.5 Å². The van der Waals surface area contributed by atoms with Gasteiger partial charge in [0.2, 0.25) is 11.8 Å². The number of piperidine rings is 1. The van der Waals surface area contributed by atoms with Gasteiger partial charge in [0.25, 0.3) is 0 Å². The van der Waals surface area contributed by atoms with Crippen molar-refractivity contribution in [2.75, 3.05) is 26.2 Å². The number of carbonyl (C=O) groups is 2. The second-order valence-corrected chi connectivity index (χ2v) is 4.38. The van der Waals surface area contributed by atoms with Gasteiger partial charge in [-0.25, -0.2) is 0 Å². The number of hydrogen-bond donors (Lipinski definition) is 3. The molecule has 0 radical (unpaired) electrons. The zero-order valence-corrected chi connectivity index (χ0v) is 9.61. The first kappa shape index (κ1) is 12.9. The van der Waals surface area contributed by atoms with Crippen molar-refractivity contribution in [1.82, 2.24) is 10.2 Å². The standard InChI is InChI=1S/C10H20N4O2/c1-7-2-3-13-4-8(7)14(5-9(11)15)6-10(12)16/h7-8,13H,2-6H2,1H3,(H2,11,15)(H2,12,16). The third-order valence-corrected chi connectivity index (χ3v) is 2.97. The van der Waals surface area contributed by atoms with E-state index in [0.29, 0.717) is 5.92 Å². The molecule has 2 atom stereocenters. The molecule has 1 aliphatic rings. The first-order valence-electron chi connectivity index (χ1n) is 5.52. The van der Waals surface area contributed by atoms with Crippen molar-refractivity contribution in [1.29, 1.82) is 0 Å². The van der Waals surface area contributed by atoms with Crippen molar-refractivity contribution in [3.05, 3.63) is 0 Å². The number of primary amides is 2. The molecule has 92 valence electrons. The van der Waals surface area contributed by atoms with Crippen molar-refractivity contribution < 1.29 is 9.59 Å². The summed E-state index contributed by atoms with van der Waals surface area (Å²) in [4.78, 5) is 23.7. The smallest absolute Gasteiger partial charge is 0.231 e. The minimum atomic E-state index is -0.431. The SMILES string of the molecule is CC1CCNCC1N(CC(N)=O)CC(N)=O. The van der Waals surface area contributed by atoms with Crippen LogP contribution in [-0.4, -0.2) is 48.9 Å². The lowest BCUT2D eigenvalue weighted by molar-refractivity contribution is -0.123. The van der Waals surface area contributed by atoms with Crippen LogP contribution < -0.4 is 16.8 Å². The van der Waals surface area contributed by atoms with Crippen LogP contribution in [0.1, 0.15) is 13.3 Å². The fourth-order valence-electron chi connectivity index (χ4n) is 2.15. The number of amides is 2. The Morgan fingerprint density at radius 2 is 1.88 bits per heavy atom. The van der Waals surface area contributed by atoms with Gasteiger partial charge < -0.3 is 16.8 Å². The van der Waals surface area contributed by atoms with Gasteiger partial charge in [0.1, 0.15) is 0 Å². The van der Waals surface area contributed by atoms with Crippen LogP contribution in [0.15, 0.2) is 0 Å². The molecular formula is C10H20N4O2. The van der Waals surface area contributed by atoms with Gasteiger partial charge in [-0.1, -0.05) is 6.92 Å². The number of hydrogen-bond acceptors (Lipinski definition) is 4. The van der Waals surface area contributed by atoms with Crippen LogP contribution in [0.3, 0.4) is 0 Å². The van der Waals surface area contributed by atoms with Crippen LogP contribution >= 0.6 is 0 Å². The van der Waals surface area contributed by atoms with Crippen molar-refractivity contribution in [2.24, 2.45) is 17.4 Å². The summed E-state index contributed by atoms with van der Waals surface area (Å²) in [5.41, 5.74) is 10.3. The molecule has 0 saturated carbocycles. The average Bonchev–Trinajstić information content (AvgIpc) is 2.15. The summed E-state index contributed by atoms with van der Waals surface area (Å²) in [6.07, 6.45) is 1.03. The predicted octanol–water partition coefficient (Wildman–Crippen LogP) is -1.74. The second-order valence-electron chi connectivity index (χ2n) is 4.38. The summed E-state index contributed by atoms with van der Waals surface area (Å²) in [5.74, 6) is -0.432. The van der Waals surface area contributed by atoms with Gasteiger partial charge in [-0.15, -0.1) is 0 Å². The zero-order valence-electron chi connectivity index (χ0n) is 9.61. The van der Waals surface area contributed by atoms with Gasteiger partial charge in [-0.05, 0) is 18.9 Å². The van der Waals surface area contributed by atoms with Crippen LogP contribution in [0.2, 0.25) is 0 Å². The summed E-state index contributed by atoms with van der Waals surface area (Å²) in [7, 11) is 0. The predicted molar refractivity (Wildman–Crippen MR) is 60.4 cm³/mol. The molecule has 2 unspecified atom stereocenters. The summed E-state index contributed by atoms with van der Waals surface area (Å²) >= 11 is 0. The fraction of sp³-hybridized carbons (Fsp3) is 0.800. The van der Waals surface area contributed by atoms with E-state index in [0.717, 1.165) is 19.5 Å². The highest BCUT2D eigenvalue weighted by molar-refractivity contribution is 5.79. The highest BCUT2D eigenvalue weighted by Gasteiger charge is 2.28. The van der Waals surface area contributed by atoms with E-state index >= 15 is 0 Å². The molecular weight excluding hydrogens is 208 g/mol. The van der Waals surface area contributed by atoms with E-state index in [2.05, 4.69) is 12.2 Å². The number of carbonyl (C=O) groups excluding carboxylic acids is 2. The maximum atomic E-state index is 10.9. The Morgan fingerprint density at radius 3 is 2.31 bits per heavy atom. The Balaban J connectivity index is 2.65. The van der Waals surface area contributed by atoms with E-state index in [9.17, 15) is 9.59 Å². The van der Waals surface area contributed by atoms with E-state index < -0.39 is 11.8 Å². The Hall–Kier alpha value is -1.14. The normalized spacial score (nSPS) is 25.6. The molecule has 0 bridgehead atoms. The molecule has 6 heteroatoms. The fourth-order valence-corrected chi connectivity index (χ4v) is 2.15. The summed E-state index contributed by atoms with van der Waals surface area (Å²) in [6.45, 7) is 4.01. The Bertz CT molecular complexity index is 254. The first-order chi connectivity index (χ1) is 7.50. The molecule has 1 heterocycles. The van der Waals surface area contributed by atoms with Crippen molar-refractivity contribution >= 4 is 11.8 Å². The largest absolute Gasteiger partial charge is 0.369 e. The number of nitrogens with zero attached hydrogens (tertiary/aromatic N) is 1. The average molecular weight is 228 g/mol. The van der Waals surface area contributed by atoms with Crippen molar-refractivity contribution in [3.63, 3.8) is 0 Å². The maximum absolute atomic E-state index is 10.9. The van der Waals surface area contributed by atoms with E-state index in [4.69, 9.17) is 11.5 Å². The molecule has 0 aromatic heterocycles. The zero-order chi connectivity index (χ0) is 12.1. The molecule has 2 amide bonds. The van der Waals surface area contributed by atoms with E-state index in [1.165, 1.54) is 0 Å². The van der Waals surface area contributed by atoms with Gasteiger partial charge in [0.15, 0.2) is 0 Å². The summed E-state index contributed by atoms with van der Waals surface area (Å²) in [5, 5.41) is 3.25. The number of nitrogens with one attached hydrogen (secondary N) is 1. The Morgan fingerprint density at radius 1 is 1.31 bits per heavy atom. The number of rotatable bonds is 5. The molecule has 1 saturated heterocycles. The molecule has 6 nitrogen and oxygen atoms in total. The molecule has 0 aromatic carbocycles. The third kappa shape index (κ3) is 3.79.